The van der Waals surface area contributed by atoms with Crippen molar-refractivity contribution in [2.45, 2.75) is 40.5 Å². The van der Waals surface area contributed by atoms with Gasteiger partial charge in [-0.2, -0.15) is 0 Å². The monoisotopic (exact) mass is 346 g/mol. The van der Waals surface area contributed by atoms with Gasteiger partial charge >= 0.3 is 0 Å². The molecule has 0 atom stereocenters. The van der Waals surface area contributed by atoms with Crippen LogP contribution in [0, 0.1) is 34.6 Å². The zero-order valence-electron chi connectivity index (χ0n) is 16.1. The quantitative estimate of drug-likeness (QED) is 0.587. The Kier molecular flexibility index (Phi) is 4.78. The number of phenolic OH excluding ortho intramolecular Hbond substituents is 2. The Morgan fingerprint density at radius 2 is 1.00 bits per heavy atom. The van der Waals surface area contributed by atoms with Crippen molar-refractivity contribution in [3.8, 4) is 11.5 Å². The van der Waals surface area contributed by atoms with Crippen LogP contribution >= 0.6 is 0 Å². The van der Waals surface area contributed by atoms with Crippen molar-refractivity contribution in [3.63, 3.8) is 0 Å². The van der Waals surface area contributed by atoms with Gasteiger partial charge in [0.2, 0.25) is 0 Å². The van der Waals surface area contributed by atoms with Crippen molar-refractivity contribution >= 4 is 0 Å². The van der Waals surface area contributed by atoms with E-state index in [1.807, 2.05) is 39.8 Å². The van der Waals surface area contributed by atoms with Crippen LogP contribution in [-0.2, 0) is 0 Å². The summed E-state index contributed by atoms with van der Waals surface area (Å²) in [5.41, 5.74) is 8.71. The molecule has 0 aliphatic carbocycles. The van der Waals surface area contributed by atoms with Crippen molar-refractivity contribution < 1.29 is 10.2 Å². The second-order valence-electron chi connectivity index (χ2n) is 7.28. The molecule has 0 unspecified atom stereocenters. The molecular formula is C24H26O2. The lowest BCUT2D eigenvalue weighted by Gasteiger charge is -2.25. The fraction of sp³-hybridized carbons (Fsp3) is 0.250. The van der Waals surface area contributed by atoms with E-state index in [-0.39, 0.29) is 5.92 Å². The lowest BCUT2D eigenvalue weighted by Crippen LogP contribution is -2.09. The Morgan fingerprint density at radius 1 is 0.538 bits per heavy atom. The van der Waals surface area contributed by atoms with Crippen LogP contribution in [0.15, 0.2) is 48.5 Å². The third-order valence-corrected chi connectivity index (χ3v) is 5.29. The Bertz CT molecular complexity index is 913. The van der Waals surface area contributed by atoms with Crippen LogP contribution in [-0.4, -0.2) is 10.2 Å². The van der Waals surface area contributed by atoms with E-state index in [2.05, 4.69) is 43.3 Å². The molecule has 2 N–H and O–H groups in total. The van der Waals surface area contributed by atoms with Crippen molar-refractivity contribution in [2.24, 2.45) is 0 Å². The fourth-order valence-corrected chi connectivity index (χ4v) is 3.68. The number of phenols is 2. The summed E-state index contributed by atoms with van der Waals surface area (Å²) in [6.45, 7) is 10.1. The predicted molar refractivity (Wildman–Crippen MR) is 107 cm³/mol. The maximum atomic E-state index is 10.1. The molecule has 2 nitrogen and oxygen atoms in total. The number of benzene rings is 3. The Balaban J connectivity index is 2.34. The van der Waals surface area contributed by atoms with Gasteiger partial charge in [0.05, 0.1) is 0 Å². The molecule has 3 aromatic carbocycles. The molecule has 3 rings (SSSR count). The summed E-state index contributed by atoms with van der Waals surface area (Å²) in [5.74, 6) is 0.705. The van der Waals surface area contributed by atoms with Gasteiger partial charge in [0.1, 0.15) is 11.5 Å². The highest BCUT2D eigenvalue weighted by atomic mass is 16.3. The predicted octanol–water partition coefficient (Wildman–Crippen LogP) is 5.82. The maximum absolute atomic E-state index is 10.1. The lowest BCUT2D eigenvalue weighted by molar-refractivity contribution is 0.470. The Hall–Kier alpha value is -2.74. The lowest BCUT2D eigenvalue weighted by atomic mass is 9.78. The molecule has 2 heteroatoms. The van der Waals surface area contributed by atoms with E-state index in [9.17, 15) is 10.2 Å². The summed E-state index contributed by atoms with van der Waals surface area (Å²) in [5, 5.41) is 20.2. The molecule has 0 radical (unpaired) electrons. The van der Waals surface area contributed by atoms with Gasteiger partial charge in [-0.15, -0.1) is 0 Å². The molecule has 0 spiro atoms. The maximum Gasteiger partial charge on any atom is 0.118 e. The number of hydrogen-bond donors (Lipinski definition) is 2. The van der Waals surface area contributed by atoms with E-state index in [0.717, 1.165) is 22.3 Å². The molecule has 0 saturated carbocycles. The molecule has 0 aliphatic rings. The van der Waals surface area contributed by atoms with Gasteiger partial charge in [0.15, 0.2) is 0 Å². The molecule has 134 valence electrons. The minimum absolute atomic E-state index is 0.0507. The number of aromatic hydroxyl groups is 2. The molecule has 0 amide bonds. The summed E-state index contributed by atoms with van der Waals surface area (Å²) < 4.78 is 0. The van der Waals surface area contributed by atoms with Crippen LogP contribution in [0.4, 0.5) is 0 Å². The standard InChI is InChI=1S/C24H26O2/c1-14-8-6-7-9-19(14)24(20-10-17(4)22(25)12-15(20)2)21-11-18(5)23(26)13-16(21)3/h6-13,24-26H,1-5H3. The first-order valence-electron chi connectivity index (χ1n) is 8.95. The molecule has 0 aliphatic heterocycles. The van der Waals surface area contributed by atoms with Gasteiger partial charge in [-0.25, -0.2) is 0 Å². The molecule has 26 heavy (non-hydrogen) atoms. The van der Waals surface area contributed by atoms with E-state index in [4.69, 9.17) is 0 Å². The van der Waals surface area contributed by atoms with Gasteiger partial charge in [-0.1, -0.05) is 36.4 Å². The molecule has 3 aromatic rings. The van der Waals surface area contributed by atoms with E-state index in [0.29, 0.717) is 11.5 Å². The average Bonchev–Trinajstić information content (AvgIpc) is 2.58. The van der Waals surface area contributed by atoms with E-state index < -0.39 is 0 Å². The Labute approximate surface area is 155 Å². The molecular weight excluding hydrogens is 320 g/mol. The summed E-state index contributed by atoms with van der Waals surface area (Å²) in [7, 11) is 0. The van der Waals surface area contributed by atoms with Crippen LogP contribution in [0.3, 0.4) is 0 Å². The molecule has 0 saturated heterocycles. The van der Waals surface area contributed by atoms with Crippen LogP contribution < -0.4 is 0 Å². The van der Waals surface area contributed by atoms with E-state index in [1.54, 1.807) is 0 Å². The summed E-state index contributed by atoms with van der Waals surface area (Å²) in [4.78, 5) is 0. The third-order valence-electron chi connectivity index (χ3n) is 5.29. The fourth-order valence-electron chi connectivity index (χ4n) is 3.68. The van der Waals surface area contributed by atoms with Crippen molar-refractivity contribution in [1.29, 1.82) is 0 Å². The Morgan fingerprint density at radius 3 is 1.46 bits per heavy atom. The van der Waals surface area contributed by atoms with Crippen LogP contribution in [0.2, 0.25) is 0 Å². The summed E-state index contributed by atoms with van der Waals surface area (Å²) >= 11 is 0. The second-order valence-corrected chi connectivity index (χ2v) is 7.28. The minimum Gasteiger partial charge on any atom is -0.508 e. The van der Waals surface area contributed by atoms with Crippen molar-refractivity contribution in [3.05, 3.63) is 93.0 Å². The number of rotatable bonds is 3. The van der Waals surface area contributed by atoms with Gasteiger partial charge in [0.25, 0.3) is 0 Å². The van der Waals surface area contributed by atoms with Gasteiger partial charge in [0, 0.05) is 5.92 Å². The topological polar surface area (TPSA) is 40.5 Å². The third kappa shape index (κ3) is 3.20. The average molecular weight is 346 g/mol. The zero-order chi connectivity index (χ0) is 19.0. The first kappa shape index (κ1) is 18.1. The smallest absolute Gasteiger partial charge is 0.118 e. The van der Waals surface area contributed by atoms with E-state index >= 15 is 0 Å². The van der Waals surface area contributed by atoms with Gasteiger partial charge in [-0.3, -0.25) is 0 Å². The SMILES string of the molecule is Cc1cc(C(c2ccccc2C)c2cc(C)c(O)cc2C)c(C)cc1O. The first-order valence-corrected chi connectivity index (χ1v) is 8.95. The highest BCUT2D eigenvalue weighted by Gasteiger charge is 2.23. The van der Waals surface area contributed by atoms with E-state index in [1.165, 1.54) is 22.3 Å². The van der Waals surface area contributed by atoms with Crippen molar-refractivity contribution in [2.75, 3.05) is 0 Å². The highest BCUT2D eigenvalue weighted by Crippen LogP contribution is 2.40. The normalized spacial score (nSPS) is 11.2. The van der Waals surface area contributed by atoms with Crippen LogP contribution in [0.5, 0.6) is 11.5 Å². The number of aryl methyl sites for hydroxylation is 5. The zero-order valence-corrected chi connectivity index (χ0v) is 16.1. The highest BCUT2D eigenvalue weighted by molar-refractivity contribution is 5.55. The molecule has 0 fully saturated rings. The molecule has 0 bridgehead atoms. The van der Waals surface area contributed by atoms with Crippen LogP contribution in [0.25, 0.3) is 0 Å². The second kappa shape index (κ2) is 6.87. The molecule has 0 heterocycles. The largest absolute Gasteiger partial charge is 0.508 e. The minimum atomic E-state index is 0.0507. The van der Waals surface area contributed by atoms with Gasteiger partial charge < -0.3 is 10.2 Å². The van der Waals surface area contributed by atoms with Crippen molar-refractivity contribution in [1.82, 2.24) is 0 Å². The molecule has 0 aromatic heterocycles. The van der Waals surface area contributed by atoms with Gasteiger partial charge in [-0.05, 0) is 91.3 Å². The number of hydrogen-bond acceptors (Lipinski definition) is 2. The summed E-state index contributed by atoms with van der Waals surface area (Å²) in [6, 6.07) is 16.3. The van der Waals surface area contributed by atoms with Crippen LogP contribution in [0.1, 0.15) is 50.4 Å². The summed E-state index contributed by atoms with van der Waals surface area (Å²) in [6.07, 6.45) is 0. The first-order chi connectivity index (χ1) is 12.3.